The van der Waals surface area contributed by atoms with Crippen LogP contribution in [-0.4, -0.2) is 22.8 Å². The molecule has 0 aliphatic rings. The van der Waals surface area contributed by atoms with Crippen molar-refractivity contribution in [2.24, 2.45) is 0 Å². The van der Waals surface area contributed by atoms with Crippen LogP contribution in [0.25, 0.3) is 0 Å². The Morgan fingerprint density at radius 3 is 2.75 bits per heavy atom. The highest BCUT2D eigenvalue weighted by Crippen LogP contribution is 2.18. The van der Waals surface area contributed by atoms with Gasteiger partial charge in [0, 0.05) is 19.4 Å². The zero-order valence-electron chi connectivity index (χ0n) is 12.2. The van der Waals surface area contributed by atoms with Crippen molar-refractivity contribution in [1.29, 1.82) is 0 Å². The maximum Gasteiger partial charge on any atom is 0.227 e. The zero-order chi connectivity index (χ0) is 14.5. The van der Waals surface area contributed by atoms with E-state index in [4.69, 9.17) is 0 Å². The highest BCUT2D eigenvalue weighted by Gasteiger charge is 2.17. The molecule has 0 saturated heterocycles. The number of carbonyl (C=O) groups excluding carboxylic acids is 1. The van der Waals surface area contributed by atoms with Gasteiger partial charge in [0.1, 0.15) is 0 Å². The van der Waals surface area contributed by atoms with Gasteiger partial charge in [-0.1, -0.05) is 35.9 Å². The number of pyridine rings is 1. The molecule has 1 unspecified atom stereocenters. The number of nitrogens with zero attached hydrogens (tertiary/aromatic N) is 2. The van der Waals surface area contributed by atoms with Crippen LogP contribution in [0.3, 0.4) is 0 Å². The molecule has 1 aromatic heterocycles. The van der Waals surface area contributed by atoms with Gasteiger partial charge in [0.2, 0.25) is 5.91 Å². The van der Waals surface area contributed by atoms with Crippen molar-refractivity contribution in [1.82, 2.24) is 9.88 Å². The van der Waals surface area contributed by atoms with Crippen LogP contribution in [0.1, 0.15) is 29.7 Å². The highest BCUT2D eigenvalue weighted by molar-refractivity contribution is 5.79. The number of benzene rings is 1. The van der Waals surface area contributed by atoms with E-state index in [2.05, 4.69) is 11.1 Å². The molecule has 0 bridgehead atoms. The summed E-state index contributed by atoms with van der Waals surface area (Å²) in [6, 6.07) is 12.0. The summed E-state index contributed by atoms with van der Waals surface area (Å²) in [6.07, 6.45) is 3.98. The van der Waals surface area contributed by atoms with Crippen LogP contribution in [0.2, 0.25) is 0 Å². The van der Waals surface area contributed by atoms with Crippen LogP contribution >= 0.6 is 0 Å². The predicted molar refractivity (Wildman–Crippen MR) is 80.3 cm³/mol. The van der Waals surface area contributed by atoms with Gasteiger partial charge in [-0.05, 0) is 31.0 Å². The molecule has 2 aromatic rings. The third-order valence-corrected chi connectivity index (χ3v) is 3.58. The van der Waals surface area contributed by atoms with Crippen molar-refractivity contribution in [3.8, 4) is 0 Å². The minimum absolute atomic E-state index is 0.0287. The van der Waals surface area contributed by atoms with Crippen LogP contribution in [0.4, 0.5) is 0 Å². The molecule has 1 amide bonds. The summed E-state index contributed by atoms with van der Waals surface area (Å²) in [5.41, 5.74) is 3.28. The molecule has 0 saturated carbocycles. The van der Waals surface area contributed by atoms with E-state index in [-0.39, 0.29) is 11.9 Å². The molecule has 0 N–H and O–H groups in total. The molecule has 0 fully saturated rings. The lowest BCUT2D eigenvalue weighted by Gasteiger charge is -2.25. The molecule has 3 heteroatoms. The second-order valence-electron chi connectivity index (χ2n) is 5.13. The molecule has 0 aliphatic heterocycles. The molecule has 2 rings (SSSR count). The SMILES string of the molecule is Cc1cccc(CC(=O)N(C)C(C)c2cccnc2)c1. The molecule has 1 atom stereocenters. The lowest BCUT2D eigenvalue weighted by atomic mass is 10.1. The van der Waals surface area contributed by atoms with E-state index >= 15 is 0 Å². The third kappa shape index (κ3) is 3.44. The van der Waals surface area contributed by atoms with Crippen molar-refractivity contribution >= 4 is 5.91 Å². The standard InChI is InChI=1S/C17H20N2O/c1-13-6-4-7-15(10-13)11-17(20)19(3)14(2)16-8-5-9-18-12-16/h4-10,12,14H,11H2,1-3H3. The van der Waals surface area contributed by atoms with Crippen molar-refractivity contribution in [3.05, 3.63) is 65.5 Å². The topological polar surface area (TPSA) is 33.2 Å². The Balaban J connectivity index is 2.05. The summed E-state index contributed by atoms with van der Waals surface area (Å²) in [4.78, 5) is 18.2. The average molecular weight is 268 g/mol. The summed E-state index contributed by atoms with van der Waals surface area (Å²) >= 11 is 0. The number of aromatic nitrogens is 1. The Kier molecular flexibility index (Phi) is 4.51. The Labute approximate surface area is 120 Å². The van der Waals surface area contributed by atoms with Crippen LogP contribution < -0.4 is 0 Å². The first-order valence-electron chi connectivity index (χ1n) is 6.79. The van der Waals surface area contributed by atoms with E-state index in [1.54, 1.807) is 17.3 Å². The number of amides is 1. The van der Waals surface area contributed by atoms with Gasteiger partial charge in [-0.3, -0.25) is 9.78 Å². The van der Waals surface area contributed by atoms with E-state index in [0.717, 1.165) is 11.1 Å². The molecule has 0 spiro atoms. The number of rotatable bonds is 4. The molecule has 104 valence electrons. The summed E-state index contributed by atoms with van der Waals surface area (Å²) in [5, 5.41) is 0. The maximum atomic E-state index is 12.3. The molecule has 0 aliphatic carbocycles. The van der Waals surface area contributed by atoms with Gasteiger partial charge in [-0.2, -0.15) is 0 Å². The summed E-state index contributed by atoms with van der Waals surface area (Å²) in [6.45, 7) is 4.06. The molecule has 1 heterocycles. The van der Waals surface area contributed by atoms with Gasteiger partial charge < -0.3 is 4.90 Å². The zero-order valence-corrected chi connectivity index (χ0v) is 12.2. The second kappa shape index (κ2) is 6.33. The first kappa shape index (κ1) is 14.3. The lowest BCUT2D eigenvalue weighted by molar-refractivity contribution is -0.131. The molecular formula is C17H20N2O. The number of likely N-dealkylation sites (N-methyl/N-ethyl adjacent to an activating group) is 1. The maximum absolute atomic E-state index is 12.3. The lowest BCUT2D eigenvalue weighted by Crippen LogP contribution is -2.31. The van der Waals surface area contributed by atoms with E-state index in [1.807, 2.05) is 51.2 Å². The minimum Gasteiger partial charge on any atom is -0.339 e. The largest absolute Gasteiger partial charge is 0.339 e. The number of aryl methyl sites for hydroxylation is 1. The number of carbonyl (C=O) groups is 1. The Morgan fingerprint density at radius 2 is 2.10 bits per heavy atom. The van der Waals surface area contributed by atoms with Crippen molar-refractivity contribution in [2.75, 3.05) is 7.05 Å². The van der Waals surface area contributed by atoms with Crippen LogP contribution in [0.15, 0.2) is 48.8 Å². The highest BCUT2D eigenvalue weighted by atomic mass is 16.2. The quantitative estimate of drug-likeness (QED) is 0.853. The van der Waals surface area contributed by atoms with Gasteiger partial charge in [-0.25, -0.2) is 0 Å². The Bertz CT molecular complexity index is 581. The average Bonchev–Trinajstić information content (AvgIpc) is 2.46. The Morgan fingerprint density at radius 1 is 1.30 bits per heavy atom. The molecular weight excluding hydrogens is 248 g/mol. The monoisotopic (exact) mass is 268 g/mol. The van der Waals surface area contributed by atoms with Gasteiger partial charge in [0.05, 0.1) is 12.5 Å². The second-order valence-corrected chi connectivity index (χ2v) is 5.13. The summed E-state index contributed by atoms with van der Waals surface area (Å²) in [7, 11) is 1.84. The number of hydrogen-bond acceptors (Lipinski definition) is 2. The first-order valence-corrected chi connectivity index (χ1v) is 6.79. The summed E-state index contributed by atoms with van der Waals surface area (Å²) in [5.74, 6) is 0.118. The van der Waals surface area contributed by atoms with Crippen LogP contribution in [0, 0.1) is 6.92 Å². The minimum atomic E-state index is 0.0287. The normalized spacial score (nSPS) is 11.9. The summed E-state index contributed by atoms with van der Waals surface area (Å²) < 4.78 is 0. The molecule has 1 aromatic carbocycles. The smallest absolute Gasteiger partial charge is 0.227 e. The van der Waals surface area contributed by atoms with E-state index in [1.165, 1.54) is 5.56 Å². The fourth-order valence-electron chi connectivity index (χ4n) is 2.18. The van der Waals surface area contributed by atoms with Crippen LogP contribution in [-0.2, 0) is 11.2 Å². The van der Waals surface area contributed by atoms with Crippen molar-refractivity contribution in [3.63, 3.8) is 0 Å². The first-order chi connectivity index (χ1) is 9.58. The third-order valence-electron chi connectivity index (χ3n) is 3.58. The van der Waals surface area contributed by atoms with E-state index in [9.17, 15) is 4.79 Å². The van der Waals surface area contributed by atoms with Gasteiger partial charge >= 0.3 is 0 Å². The van der Waals surface area contributed by atoms with Gasteiger partial charge in [0.25, 0.3) is 0 Å². The van der Waals surface area contributed by atoms with Crippen LogP contribution in [0.5, 0.6) is 0 Å². The van der Waals surface area contributed by atoms with Crippen molar-refractivity contribution in [2.45, 2.75) is 26.3 Å². The molecule has 0 radical (unpaired) electrons. The fraction of sp³-hybridized carbons (Fsp3) is 0.294. The fourth-order valence-corrected chi connectivity index (χ4v) is 2.18. The number of hydrogen-bond donors (Lipinski definition) is 0. The Hall–Kier alpha value is -2.16. The van der Waals surface area contributed by atoms with E-state index < -0.39 is 0 Å². The molecule has 3 nitrogen and oxygen atoms in total. The molecule has 20 heavy (non-hydrogen) atoms. The van der Waals surface area contributed by atoms with Gasteiger partial charge in [0.15, 0.2) is 0 Å². The van der Waals surface area contributed by atoms with E-state index in [0.29, 0.717) is 6.42 Å². The van der Waals surface area contributed by atoms with Gasteiger partial charge in [-0.15, -0.1) is 0 Å². The predicted octanol–water partition coefficient (Wildman–Crippen LogP) is 3.15. The van der Waals surface area contributed by atoms with Crippen molar-refractivity contribution < 1.29 is 4.79 Å².